The summed E-state index contributed by atoms with van der Waals surface area (Å²) in [5, 5.41) is 36.4. The zero-order valence-electron chi connectivity index (χ0n) is 6.79. The third-order valence-corrected chi connectivity index (χ3v) is 2.24. The molecule has 0 aromatic carbocycles. The van der Waals surface area contributed by atoms with Gasteiger partial charge in [0.2, 0.25) is 0 Å². The van der Waals surface area contributed by atoms with Crippen molar-refractivity contribution in [2.45, 2.75) is 31.5 Å². The van der Waals surface area contributed by atoms with E-state index in [2.05, 4.69) is 0 Å². The number of rotatable bonds is 1. The number of aliphatic hydroxyl groups excluding tert-OH is 4. The summed E-state index contributed by atoms with van der Waals surface area (Å²) < 4.78 is 4.74. The molecule has 0 saturated carbocycles. The predicted molar refractivity (Wildman–Crippen MR) is 39.1 cm³/mol. The summed E-state index contributed by atoms with van der Waals surface area (Å²) >= 11 is 0. The largest absolute Gasteiger partial charge is 0.394 e. The van der Waals surface area contributed by atoms with Crippen molar-refractivity contribution in [3.05, 3.63) is 0 Å². The van der Waals surface area contributed by atoms with Gasteiger partial charge in [-0.2, -0.15) is 0 Å². The lowest BCUT2D eigenvalue weighted by Gasteiger charge is -2.38. The summed E-state index contributed by atoms with van der Waals surface area (Å²) in [6.45, 7) is 1.22. The maximum absolute atomic E-state index is 9.37. The van der Waals surface area contributed by atoms with Gasteiger partial charge in [-0.1, -0.05) is 6.92 Å². The molecule has 1 heterocycles. The summed E-state index contributed by atoms with van der Waals surface area (Å²) in [5.74, 6) is -0.495. The zero-order chi connectivity index (χ0) is 9.30. The third-order valence-electron chi connectivity index (χ3n) is 2.24. The van der Waals surface area contributed by atoms with E-state index in [-0.39, 0.29) is 6.61 Å². The molecular formula is C7H14O5. The average molecular weight is 178 g/mol. The molecule has 1 aliphatic heterocycles. The van der Waals surface area contributed by atoms with Crippen LogP contribution in [0.4, 0.5) is 0 Å². The molecule has 5 heteroatoms. The van der Waals surface area contributed by atoms with Crippen molar-refractivity contribution >= 4 is 0 Å². The minimum absolute atomic E-state index is 0.366. The molecule has 0 aliphatic carbocycles. The highest BCUT2D eigenvalue weighted by Gasteiger charge is 2.40. The van der Waals surface area contributed by atoms with Gasteiger partial charge >= 0.3 is 0 Å². The van der Waals surface area contributed by atoms with E-state index in [4.69, 9.17) is 14.9 Å². The van der Waals surface area contributed by atoms with Gasteiger partial charge in [-0.05, 0) is 0 Å². The number of ether oxygens (including phenoxy) is 1. The maximum atomic E-state index is 9.37. The van der Waals surface area contributed by atoms with Gasteiger partial charge in [0.1, 0.15) is 12.2 Å². The number of hydrogen-bond acceptors (Lipinski definition) is 5. The smallest absolute Gasteiger partial charge is 0.181 e. The minimum Gasteiger partial charge on any atom is -0.394 e. The van der Waals surface area contributed by atoms with Crippen LogP contribution in [0.2, 0.25) is 0 Å². The Labute approximate surface area is 70.2 Å². The Bertz CT molecular complexity index is 146. The molecule has 0 amide bonds. The van der Waals surface area contributed by atoms with Gasteiger partial charge in [0.25, 0.3) is 0 Å². The van der Waals surface area contributed by atoms with Crippen LogP contribution in [-0.2, 0) is 4.74 Å². The van der Waals surface area contributed by atoms with Crippen molar-refractivity contribution in [1.82, 2.24) is 0 Å². The van der Waals surface area contributed by atoms with Gasteiger partial charge < -0.3 is 25.2 Å². The topological polar surface area (TPSA) is 90.2 Å². The van der Waals surface area contributed by atoms with Crippen molar-refractivity contribution in [2.24, 2.45) is 5.92 Å². The maximum Gasteiger partial charge on any atom is 0.181 e. The normalized spacial score (nSPS) is 49.2. The summed E-state index contributed by atoms with van der Waals surface area (Å²) in [5.41, 5.74) is 0. The Balaban J connectivity index is 2.63. The summed E-state index contributed by atoms with van der Waals surface area (Å²) in [6, 6.07) is 0. The van der Waals surface area contributed by atoms with E-state index in [0.717, 1.165) is 0 Å². The van der Waals surface area contributed by atoms with Crippen LogP contribution in [0.25, 0.3) is 0 Å². The quantitative estimate of drug-likeness (QED) is 0.375. The molecule has 5 atom stereocenters. The van der Waals surface area contributed by atoms with Crippen LogP contribution in [0, 0.1) is 5.92 Å². The molecule has 1 fully saturated rings. The highest BCUT2D eigenvalue weighted by molar-refractivity contribution is 4.85. The van der Waals surface area contributed by atoms with Crippen LogP contribution < -0.4 is 0 Å². The van der Waals surface area contributed by atoms with E-state index in [1.165, 1.54) is 0 Å². The van der Waals surface area contributed by atoms with E-state index in [9.17, 15) is 10.2 Å². The second-order valence-electron chi connectivity index (χ2n) is 3.09. The second-order valence-corrected chi connectivity index (χ2v) is 3.09. The first kappa shape index (κ1) is 9.88. The molecule has 0 aromatic rings. The van der Waals surface area contributed by atoms with Crippen molar-refractivity contribution in [3.8, 4) is 0 Å². The summed E-state index contributed by atoms with van der Waals surface area (Å²) in [6.07, 6.45) is -4.16. The first-order valence-electron chi connectivity index (χ1n) is 3.88. The van der Waals surface area contributed by atoms with Gasteiger partial charge in [0.15, 0.2) is 6.29 Å². The summed E-state index contributed by atoms with van der Waals surface area (Å²) in [7, 11) is 0. The van der Waals surface area contributed by atoms with E-state index in [1.54, 1.807) is 6.92 Å². The molecule has 0 radical (unpaired) electrons. The molecule has 0 spiro atoms. The van der Waals surface area contributed by atoms with Gasteiger partial charge in [0, 0.05) is 5.92 Å². The molecule has 1 rings (SSSR count). The lowest BCUT2D eigenvalue weighted by Crippen LogP contribution is -2.54. The molecule has 5 nitrogen and oxygen atoms in total. The summed E-state index contributed by atoms with van der Waals surface area (Å²) in [4.78, 5) is 0. The van der Waals surface area contributed by atoms with E-state index >= 15 is 0 Å². The first-order chi connectivity index (χ1) is 5.57. The highest BCUT2D eigenvalue weighted by Crippen LogP contribution is 2.24. The molecule has 4 N–H and O–H groups in total. The van der Waals surface area contributed by atoms with E-state index in [0.29, 0.717) is 0 Å². The van der Waals surface area contributed by atoms with Crippen LogP contribution in [0.1, 0.15) is 6.92 Å². The van der Waals surface area contributed by atoms with E-state index < -0.39 is 30.5 Å². The number of aliphatic hydroxyl groups is 4. The van der Waals surface area contributed by atoms with Crippen LogP contribution in [0.5, 0.6) is 0 Å². The van der Waals surface area contributed by atoms with Crippen LogP contribution in [0.3, 0.4) is 0 Å². The Morgan fingerprint density at radius 3 is 2.25 bits per heavy atom. The standard InChI is InChI=1S/C7H14O5/c1-3-5(9)4(2-8)12-7(11)6(3)10/h3-11H,2H2,1H3/t3-,4+,5-,6-,7?/m0/s1. The molecule has 12 heavy (non-hydrogen) atoms. The van der Waals surface area contributed by atoms with Crippen LogP contribution >= 0.6 is 0 Å². The zero-order valence-corrected chi connectivity index (χ0v) is 6.79. The molecule has 72 valence electrons. The SMILES string of the molecule is C[C@H]1[C@H](O)[C@@H](CO)OC(O)[C@H]1O. The lowest BCUT2D eigenvalue weighted by molar-refractivity contribution is -0.271. The fourth-order valence-corrected chi connectivity index (χ4v) is 1.29. The second kappa shape index (κ2) is 3.68. The van der Waals surface area contributed by atoms with Crippen molar-refractivity contribution in [2.75, 3.05) is 6.61 Å². The molecule has 0 aromatic heterocycles. The Morgan fingerprint density at radius 2 is 1.75 bits per heavy atom. The average Bonchev–Trinajstić information content (AvgIpc) is 2.08. The highest BCUT2D eigenvalue weighted by atomic mass is 16.6. The fourth-order valence-electron chi connectivity index (χ4n) is 1.29. The third kappa shape index (κ3) is 1.60. The Morgan fingerprint density at radius 1 is 1.17 bits per heavy atom. The molecule has 1 aliphatic rings. The van der Waals surface area contributed by atoms with E-state index in [1.807, 2.05) is 0 Å². The molecule has 1 saturated heterocycles. The van der Waals surface area contributed by atoms with Gasteiger partial charge in [-0.15, -0.1) is 0 Å². The van der Waals surface area contributed by atoms with Crippen molar-refractivity contribution < 1.29 is 25.2 Å². The molecule has 0 bridgehead atoms. The molecular weight excluding hydrogens is 164 g/mol. The minimum atomic E-state index is -1.32. The lowest BCUT2D eigenvalue weighted by atomic mass is 9.91. The van der Waals surface area contributed by atoms with Gasteiger partial charge in [-0.25, -0.2) is 0 Å². The van der Waals surface area contributed by atoms with Crippen molar-refractivity contribution in [1.29, 1.82) is 0 Å². The monoisotopic (exact) mass is 178 g/mol. The molecule has 1 unspecified atom stereocenters. The van der Waals surface area contributed by atoms with Crippen LogP contribution in [-0.4, -0.2) is 51.6 Å². The Hall–Kier alpha value is -0.200. The Kier molecular flexibility index (Phi) is 3.03. The van der Waals surface area contributed by atoms with Crippen molar-refractivity contribution in [3.63, 3.8) is 0 Å². The number of hydrogen-bond donors (Lipinski definition) is 4. The predicted octanol–water partition coefficient (Wildman–Crippen LogP) is -1.95. The van der Waals surface area contributed by atoms with Gasteiger partial charge in [0.05, 0.1) is 12.7 Å². The first-order valence-corrected chi connectivity index (χ1v) is 3.88. The van der Waals surface area contributed by atoms with Crippen LogP contribution in [0.15, 0.2) is 0 Å². The van der Waals surface area contributed by atoms with Gasteiger partial charge in [-0.3, -0.25) is 0 Å². The fraction of sp³-hybridized carbons (Fsp3) is 1.00.